The smallest absolute Gasteiger partial charge is 0.228 e. The number of hydrogen-bond donors (Lipinski definition) is 0. The van der Waals surface area contributed by atoms with Crippen LogP contribution in [0.5, 0.6) is 0 Å². The summed E-state index contributed by atoms with van der Waals surface area (Å²) >= 11 is 6.37. The molecule has 2 unspecified atom stereocenters. The van der Waals surface area contributed by atoms with E-state index < -0.39 is 16.2 Å². The SMILES string of the molecule is [C-]#[N+]C1=C[C@]2(C)C3=CC(=O)C4C5CC(C)(C)CC[C@]5(C(=O)Cl)CC[C@@]4(C)[C@]3(C)CC[C@H]2C(C)(C)C1=O. The number of fused-ring (bicyclic) bond motifs is 7. The molecule has 0 aromatic heterocycles. The molecule has 5 rings (SSSR count). The maximum Gasteiger partial charge on any atom is 0.228 e. The van der Waals surface area contributed by atoms with E-state index in [-0.39, 0.29) is 56.5 Å². The molecule has 0 aromatic carbocycles. The number of hydrogen-bond acceptors (Lipinski definition) is 3. The summed E-state index contributed by atoms with van der Waals surface area (Å²) in [5, 5.41) is -0.259. The number of carbonyl (C=O) groups is 3. The fourth-order valence-electron chi connectivity index (χ4n) is 9.94. The zero-order valence-corrected chi connectivity index (χ0v) is 23.6. The number of rotatable bonds is 1. The van der Waals surface area contributed by atoms with Gasteiger partial charge < -0.3 is 4.79 Å². The van der Waals surface area contributed by atoms with Crippen molar-refractivity contribution in [1.29, 1.82) is 0 Å². The fraction of sp³-hybridized carbons (Fsp3) is 0.742. The summed E-state index contributed by atoms with van der Waals surface area (Å²) in [6.45, 7) is 22.9. The van der Waals surface area contributed by atoms with Gasteiger partial charge in [0, 0.05) is 22.2 Å². The predicted octanol–water partition coefficient (Wildman–Crippen LogP) is 7.32. The van der Waals surface area contributed by atoms with E-state index in [2.05, 4.69) is 39.5 Å². The van der Waals surface area contributed by atoms with Gasteiger partial charge in [-0.25, -0.2) is 4.85 Å². The third-order valence-corrected chi connectivity index (χ3v) is 12.6. The summed E-state index contributed by atoms with van der Waals surface area (Å²) in [6.07, 6.45) is 9.60. The van der Waals surface area contributed by atoms with E-state index in [4.69, 9.17) is 18.2 Å². The van der Waals surface area contributed by atoms with Crippen molar-refractivity contribution in [3.8, 4) is 0 Å². The summed E-state index contributed by atoms with van der Waals surface area (Å²) in [5.41, 5.74) is -1.02. The maximum atomic E-state index is 14.3. The fourth-order valence-corrected chi connectivity index (χ4v) is 10.3. The van der Waals surface area contributed by atoms with Gasteiger partial charge in [-0.3, -0.25) is 9.59 Å². The zero-order chi connectivity index (χ0) is 26.7. The molecule has 194 valence electrons. The summed E-state index contributed by atoms with van der Waals surface area (Å²) < 4.78 is 0. The Hall–Kier alpha value is -1.73. The average Bonchev–Trinajstić information content (AvgIpc) is 2.77. The van der Waals surface area contributed by atoms with Crippen LogP contribution in [0.1, 0.15) is 93.4 Å². The van der Waals surface area contributed by atoms with Crippen LogP contribution in [0.25, 0.3) is 4.85 Å². The molecule has 3 saturated carbocycles. The quantitative estimate of drug-likeness (QED) is 0.275. The standard InChI is InChI=1S/C31H40ClNO3/c1-26(2)11-13-31(25(32)36)14-12-30(7)23(18(31)16-26)20(34)15-22-28(5)17-19(33-8)24(35)27(3,4)21(28)9-10-29(22,30)6/h15,17-18,21,23H,9-14,16H2,1-7H3/t18?,21-,23?,28-,29+,30+,31-/m0/s1. The molecular formula is C31H40ClNO3. The monoisotopic (exact) mass is 509 g/mol. The molecule has 5 aliphatic rings. The van der Waals surface area contributed by atoms with E-state index in [1.54, 1.807) is 0 Å². The molecule has 0 spiro atoms. The Morgan fingerprint density at radius 1 is 1.00 bits per heavy atom. The number of allylic oxidation sites excluding steroid dienone is 4. The minimum Gasteiger partial charge on any atom is -0.307 e. The predicted molar refractivity (Wildman–Crippen MR) is 141 cm³/mol. The van der Waals surface area contributed by atoms with Crippen LogP contribution >= 0.6 is 11.6 Å². The second-order valence-corrected chi connectivity index (χ2v) is 15.0. The Morgan fingerprint density at radius 3 is 2.25 bits per heavy atom. The van der Waals surface area contributed by atoms with Crippen molar-refractivity contribution in [3.63, 3.8) is 0 Å². The molecule has 3 fully saturated rings. The highest BCUT2D eigenvalue weighted by molar-refractivity contribution is 6.64. The molecular weight excluding hydrogens is 470 g/mol. The number of ketones is 2. The van der Waals surface area contributed by atoms with Crippen LogP contribution in [0.3, 0.4) is 0 Å². The number of halogens is 1. The van der Waals surface area contributed by atoms with E-state index in [1.165, 1.54) is 0 Å². The van der Waals surface area contributed by atoms with Crippen molar-refractivity contribution in [2.75, 3.05) is 0 Å². The lowest BCUT2D eigenvalue weighted by Gasteiger charge is -2.69. The zero-order valence-electron chi connectivity index (χ0n) is 22.9. The van der Waals surface area contributed by atoms with E-state index in [0.717, 1.165) is 50.5 Å². The Labute approximate surface area is 221 Å². The first-order valence-corrected chi connectivity index (χ1v) is 14.0. The van der Waals surface area contributed by atoms with Crippen LogP contribution in [-0.4, -0.2) is 16.8 Å². The van der Waals surface area contributed by atoms with Crippen LogP contribution < -0.4 is 0 Å². The van der Waals surface area contributed by atoms with Crippen LogP contribution in [-0.2, 0) is 14.4 Å². The van der Waals surface area contributed by atoms with Crippen molar-refractivity contribution < 1.29 is 14.4 Å². The first-order chi connectivity index (χ1) is 16.5. The number of Topliss-reactive ketones (excluding diaryl/α,β-unsaturated/α-hetero) is 1. The van der Waals surface area contributed by atoms with E-state index >= 15 is 0 Å². The van der Waals surface area contributed by atoms with Gasteiger partial charge >= 0.3 is 0 Å². The van der Waals surface area contributed by atoms with Gasteiger partial charge in [0.25, 0.3) is 0 Å². The molecule has 5 heteroatoms. The van der Waals surface area contributed by atoms with Crippen molar-refractivity contribution in [3.05, 3.63) is 34.8 Å². The Kier molecular flexibility index (Phi) is 5.35. The molecule has 0 radical (unpaired) electrons. The topological polar surface area (TPSA) is 55.6 Å². The molecule has 36 heavy (non-hydrogen) atoms. The second-order valence-electron chi connectivity index (χ2n) is 14.7. The highest BCUT2D eigenvalue weighted by Gasteiger charge is 2.70. The summed E-state index contributed by atoms with van der Waals surface area (Å²) in [5.74, 6) is -0.232. The van der Waals surface area contributed by atoms with Gasteiger partial charge in [0.15, 0.2) is 11.6 Å². The molecule has 0 aromatic rings. The van der Waals surface area contributed by atoms with Gasteiger partial charge in [0.1, 0.15) is 0 Å². The van der Waals surface area contributed by atoms with E-state index in [0.29, 0.717) is 0 Å². The largest absolute Gasteiger partial charge is 0.307 e. The first-order valence-electron chi connectivity index (χ1n) is 13.6. The lowest BCUT2D eigenvalue weighted by molar-refractivity contribution is -0.173. The highest BCUT2D eigenvalue weighted by atomic mass is 35.5. The van der Waals surface area contributed by atoms with Crippen LogP contribution in [0, 0.1) is 56.8 Å². The van der Waals surface area contributed by atoms with Crippen molar-refractivity contribution in [1.82, 2.24) is 0 Å². The summed E-state index contributed by atoms with van der Waals surface area (Å²) in [6, 6.07) is 0. The first kappa shape index (κ1) is 25.9. The maximum absolute atomic E-state index is 14.3. The minimum atomic E-state index is -0.660. The Balaban J connectivity index is 1.71. The Bertz CT molecular complexity index is 1190. The molecule has 0 N–H and O–H groups in total. The van der Waals surface area contributed by atoms with Crippen molar-refractivity contribution in [2.24, 2.45) is 50.2 Å². The molecule has 0 heterocycles. The van der Waals surface area contributed by atoms with Gasteiger partial charge in [-0.1, -0.05) is 60.1 Å². The summed E-state index contributed by atoms with van der Waals surface area (Å²) in [7, 11) is 0. The second kappa shape index (κ2) is 7.43. The lowest BCUT2D eigenvalue weighted by Crippen LogP contribution is -2.65. The van der Waals surface area contributed by atoms with E-state index in [9.17, 15) is 14.4 Å². The molecule has 5 aliphatic carbocycles. The van der Waals surface area contributed by atoms with Crippen molar-refractivity contribution in [2.45, 2.75) is 93.4 Å². The van der Waals surface area contributed by atoms with E-state index in [1.807, 2.05) is 26.0 Å². The van der Waals surface area contributed by atoms with Crippen molar-refractivity contribution >= 4 is 28.4 Å². The van der Waals surface area contributed by atoms with Gasteiger partial charge in [0.05, 0.1) is 6.57 Å². The molecule has 0 amide bonds. The van der Waals surface area contributed by atoms with Gasteiger partial charge in [-0.2, -0.15) is 0 Å². The Morgan fingerprint density at radius 2 is 1.64 bits per heavy atom. The number of nitrogens with zero attached hydrogens (tertiary/aromatic N) is 1. The molecule has 7 atom stereocenters. The van der Waals surface area contributed by atoms with Gasteiger partial charge in [0.2, 0.25) is 10.9 Å². The average molecular weight is 510 g/mol. The normalized spacial score (nSPS) is 46.7. The third-order valence-electron chi connectivity index (χ3n) is 12.2. The van der Waals surface area contributed by atoms with Gasteiger partial charge in [-0.05, 0) is 90.7 Å². The molecule has 0 saturated heterocycles. The lowest BCUT2D eigenvalue weighted by atomic mass is 9.34. The number of carbonyl (C=O) groups excluding carboxylic acids is 3. The molecule has 0 aliphatic heterocycles. The van der Waals surface area contributed by atoms with Crippen LogP contribution in [0.4, 0.5) is 0 Å². The third kappa shape index (κ3) is 2.96. The molecule has 4 nitrogen and oxygen atoms in total. The molecule has 0 bridgehead atoms. The minimum absolute atomic E-state index is 0.0380. The van der Waals surface area contributed by atoms with Crippen LogP contribution in [0.15, 0.2) is 23.4 Å². The van der Waals surface area contributed by atoms with Crippen LogP contribution in [0.2, 0.25) is 0 Å². The summed E-state index contributed by atoms with van der Waals surface area (Å²) in [4.78, 5) is 44.1. The van der Waals surface area contributed by atoms with Gasteiger partial charge in [-0.15, -0.1) is 0 Å². The highest BCUT2D eigenvalue weighted by Crippen LogP contribution is 2.74.